The van der Waals surface area contributed by atoms with Crippen molar-refractivity contribution in [2.24, 2.45) is 18.9 Å². The Bertz CT molecular complexity index is 1870. The summed E-state index contributed by atoms with van der Waals surface area (Å²) in [6, 6.07) is 19.9. The van der Waals surface area contributed by atoms with Gasteiger partial charge in [-0.05, 0) is 24.5 Å². The zero-order valence-corrected chi connectivity index (χ0v) is 29.0. The molecule has 2 aromatic heterocycles. The van der Waals surface area contributed by atoms with Crippen molar-refractivity contribution in [2.45, 2.75) is 44.1 Å². The number of hydrogen-bond donors (Lipinski definition) is 2. The molecule has 2 fully saturated rings. The van der Waals surface area contributed by atoms with Gasteiger partial charge in [-0.3, -0.25) is 24.0 Å². The Kier molecular flexibility index (Phi) is 10.7. The molecule has 4 heterocycles. The van der Waals surface area contributed by atoms with Gasteiger partial charge in [-0.2, -0.15) is 0 Å². The number of aryl methyl sites for hydroxylation is 2. The Morgan fingerprint density at radius 2 is 1.65 bits per heavy atom. The number of hydrogen-bond acceptors (Lipinski definition) is 8. The Morgan fingerprint density at radius 3 is 2.29 bits per heavy atom. The smallest absolute Gasteiger partial charge is 0.289 e. The summed E-state index contributed by atoms with van der Waals surface area (Å²) in [6.07, 6.45) is 3.45. The summed E-state index contributed by atoms with van der Waals surface area (Å²) in [7, 11) is 3.29. The van der Waals surface area contributed by atoms with E-state index < -0.39 is 23.8 Å². The van der Waals surface area contributed by atoms with E-state index >= 15 is 0 Å². The van der Waals surface area contributed by atoms with Crippen LogP contribution in [-0.4, -0.2) is 93.2 Å². The fourth-order valence-corrected chi connectivity index (χ4v) is 7.35. The molecule has 13 heteroatoms. The van der Waals surface area contributed by atoms with Crippen molar-refractivity contribution in [3.8, 4) is 0 Å². The van der Waals surface area contributed by atoms with E-state index in [1.165, 1.54) is 7.05 Å². The van der Waals surface area contributed by atoms with Crippen molar-refractivity contribution >= 4 is 29.4 Å². The first-order valence-corrected chi connectivity index (χ1v) is 17.2. The SMILES string of the molecule is CNC(=O)[C@@H](CC(=O)[C@H]1CN(C(=O)[C@@H]2CN(C(=O)c3nccn3C)C[C@H]2c2ccccc2)CC[C@@H]1NC(=O)Cc1cc(C)no1)c1ccccc1. The zero-order chi connectivity index (χ0) is 36.1. The number of nitrogens with zero attached hydrogens (tertiary/aromatic N) is 5. The Balaban J connectivity index is 1.25. The quantitative estimate of drug-likeness (QED) is 0.243. The Hall–Kier alpha value is -5.59. The first-order valence-electron chi connectivity index (χ1n) is 17.2. The number of carbonyl (C=O) groups is 5. The summed E-state index contributed by atoms with van der Waals surface area (Å²) in [4.78, 5) is 76.2. The zero-order valence-electron chi connectivity index (χ0n) is 29.0. The number of imidazole rings is 1. The molecule has 5 atom stereocenters. The molecular formula is C38H43N7O6. The lowest BCUT2D eigenvalue weighted by atomic mass is 9.81. The number of rotatable bonds is 11. The maximum atomic E-state index is 14.5. The molecule has 51 heavy (non-hydrogen) atoms. The summed E-state index contributed by atoms with van der Waals surface area (Å²) >= 11 is 0. The van der Waals surface area contributed by atoms with E-state index in [4.69, 9.17) is 4.52 Å². The lowest BCUT2D eigenvalue weighted by molar-refractivity contribution is -0.140. The predicted molar refractivity (Wildman–Crippen MR) is 186 cm³/mol. The third kappa shape index (κ3) is 7.92. The van der Waals surface area contributed by atoms with Gasteiger partial charge in [0.2, 0.25) is 17.7 Å². The number of ketones is 1. The molecule has 0 saturated carbocycles. The van der Waals surface area contributed by atoms with Gasteiger partial charge < -0.3 is 29.5 Å². The van der Waals surface area contributed by atoms with Crippen LogP contribution in [0.15, 0.2) is 83.6 Å². The monoisotopic (exact) mass is 693 g/mol. The predicted octanol–water partition coefficient (Wildman–Crippen LogP) is 2.64. The summed E-state index contributed by atoms with van der Waals surface area (Å²) in [5.74, 6) is -2.93. The minimum absolute atomic E-state index is 0.0491. The molecule has 2 aromatic carbocycles. The Morgan fingerprint density at radius 1 is 0.941 bits per heavy atom. The molecule has 2 aliphatic rings. The van der Waals surface area contributed by atoms with Gasteiger partial charge in [0.15, 0.2) is 5.82 Å². The second kappa shape index (κ2) is 15.5. The van der Waals surface area contributed by atoms with Crippen LogP contribution in [0.4, 0.5) is 0 Å². The number of likely N-dealkylation sites (N-methyl/N-ethyl adjacent to an activating group) is 1. The minimum Gasteiger partial charge on any atom is -0.361 e. The summed E-state index contributed by atoms with van der Waals surface area (Å²) in [6.45, 7) is 2.67. The first-order chi connectivity index (χ1) is 24.6. The van der Waals surface area contributed by atoms with Crippen LogP contribution in [-0.2, 0) is 32.6 Å². The van der Waals surface area contributed by atoms with Crippen LogP contribution in [0.5, 0.6) is 0 Å². The van der Waals surface area contributed by atoms with E-state index in [0.717, 1.165) is 5.56 Å². The van der Waals surface area contributed by atoms with Gasteiger partial charge in [0.1, 0.15) is 11.5 Å². The van der Waals surface area contributed by atoms with Crippen molar-refractivity contribution in [2.75, 3.05) is 33.2 Å². The van der Waals surface area contributed by atoms with Crippen LogP contribution in [0.3, 0.4) is 0 Å². The van der Waals surface area contributed by atoms with Crippen LogP contribution >= 0.6 is 0 Å². The molecule has 2 saturated heterocycles. The van der Waals surface area contributed by atoms with E-state index in [1.807, 2.05) is 60.7 Å². The second-order valence-corrected chi connectivity index (χ2v) is 13.4. The van der Waals surface area contributed by atoms with Crippen molar-refractivity contribution < 1.29 is 28.5 Å². The lowest BCUT2D eigenvalue weighted by Gasteiger charge is -2.40. The highest BCUT2D eigenvalue weighted by Gasteiger charge is 2.45. The molecule has 4 amide bonds. The van der Waals surface area contributed by atoms with Gasteiger partial charge in [-0.15, -0.1) is 0 Å². The number of aromatic nitrogens is 3. The van der Waals surface area contributed by atoms with Gasteiger partial charge in [-0.1, -0.05) is 65.8 Å². The van der Waals surface area contributed by atoms with Gasteiger partial charge in [0.25, 0.3) is 5.91 Å². The molecule has 6 rings (SSSR count). The topological polar surface area (TPSA) is 160 Å². The van der Waals surface area contributed by atoms with Crippen LogP contribution in [0.1, 0.15) is 57.9 Å². The van der Waals surface area contributed by atoms with Crippen molar-refractivity contribution in [1.29, 1.82) is 0 Å². The third-order valence-electron chi connectivity index (χ3n) is 10.0. The van der Waals surface area contributed by atoms with Gasteiger partial charge >= 0.3 is 0 Å². The summed E-state index contributed by atoms with van der Waals surface area (Å²) in [5.41, 5.74) is 2.30. The number of carbonyl (C=O) groups excluding carboxylic acids is 5. The first kappa shape index (κ1) is 35.2. The van der Waals surface area contributed by atoms with E-state index in [1.54, 1.807) is 46.8 Å². The molecule has 2 N–H and O–H groups in total. The van der Waals surface area contributed by atoms with E-state index in [9.17, 15) is 24.0 Å². The average molecular weight is 694 g/mol. The molecular weight excluding hydrogens is 650 g/mol. The molecule has 0 aliphatic carbocycles. The fraction of sp³-hybridized carbons (Fsp3) is 0.395. The maximum Gasteiger partial charge on any atom is 0.289 e. The molecule has 266 valence electrons. The van der Waals surface area contributed by atoms with Crippen molar-refractivity contribution in [3.05, 3.63) is 108 Å². The number of benzene rings is 2. The van der Waals surface area contributed by atoms with Crippen molar-refractivity contribution in [1.82, 2.24) is 35.1 Å². The lowest BCUT2D eigenvalue weighted by Crippen LogP contribution is -2.56. The maximum absolute atomic E-state index is 14.5. The largest absolute Gasteiger partial charge is 0.361 e. The average Bonchev–Trinajstić information content (AvgIpc) is 3.90. The molecule has 2 aliphatic heterocycles. The number of piperidine rings is 1. The number of likely N-dealkylation sites (tertiary alicyclic amines) is 2. The fourth-order valence-electron chi connectivity index (χ4n) is 7.35. The molecule has 0 unspecified atom stereocenters. The molecule has 0 bridgehead atoms. The highest BCUT2D eigenvalue weighted by molar-refractivity contribution is 5.94. The highest BCUT2D eigenvalue weighted by atomic mass is 16.5. The molecule has 0 spiro atoms. The van der Waals surface area contributed by atoms with Gasteiger partial charge in [0, 0.05) is 77.1 Å². The van der Waals surface area contributed by atoms with Crippen LogP contribution in [0.2, 0.25) is 0 Å². The van der Waals surface area contributed by atoms with Gasteiger partial charge in [-0.25, -0.2) is 4.98 Å². The van der Waals surface area contributed by atoms with E-state index in [0.29, 0.717) is 42.4 Å². The van der Waals surface area contributed by atoms with E-state index in [-0.39, 0.29) is 61.3 Å². The standard InChI is InChI=1S/C38H43N7O6/c1-24-18-27(51-42-24)19-34(47)41-32-14-16-44(23-31(32)33(46)20-28(36(48)39-2)25-10-6-4-7-11-25)37(49)30-22-45(38(50)35-40-15-17-43(35)3)21-29(30)26-12-8-5-9-13-26/h4-13,15,17-18,28-32H,14,16,19-23H2,1-3H3,(H,39,48)(H,41,47)/t28-,29-,30+,31-,32-/m0/s1. The normalized spacial score (nSPS) is 20.8. The van der Waals surface area contributed by atoms with Gasteiger partial charge in [0.05, 0.1) is 29.9 Å². The van der Waals surface area contributed by atoms with Crippen LogP contribution < -0.4 is 10.6 Å². The second-order valence-electron chi connectivity index (χ2n) is 13.4. The molecule has 13 nitrogen and oxygen atoms in total. The van der Waals surface area contributed by atoms with Crippen LogP contribution in [0, 0.1) is 18.8 Å². The number of Topliss-reactive ketones (excluding diaryl/α,β-unsaturated/α-hetero) is 1. The summed E-state index contributed by atoms with van der Waals surface area (Å²) in [5, 5.41) is 9.55. The van der Waals surface area contributed by atoms with E-state index in [2.05, 4.69) is 20.8 Å². The highest BCUT2D eigenvalue weighted by Crippen LogP contribution is 2.36. The summed E-state index contributed by atoms with van der Waals surface area (Å²) < 4.78 is 6.90. The third-order valence-corrected chi connectivity index (χ3v) is 10.0. The molecule has 4 aromatic rings. The molecule has 0 radical (unpaired) electrons. The van der Waals surface area contributed by atoms with Crippen LogP contribution in [0.25, 0.3) is 0 Å². The minimum atomic E-state index is -0.777. The number of amides is 4. The van der Waals surface area contributed by atoms with Crippen molar-refractivity contribution in [3.63, 3.8) is 0 Å². The number of nitrogens with one attached hydrogen (secondary N) is 2. The Labute approximate surface area is 296 Å².